The molecule has 0 radical (unpaired) electrons. The molecule has 2 rings (SSSR count). The first-order valence-corrected chi connectivity index (χ1v) is 7.90. The predicted molar refractivity (Wildman–Crippen MR) is 81.4 cm³/mol. The van der Waals surface area contributed by atoms with E-state index < -0.39 is 0 Å². The van der Waals surface area contributed by atoms with Crippen molar-refractivity contribution >= 4 is 23.4 Å². The molecule has 1 fully saturated rings. The second-order valence-electron chi connectivity index (χ2n) is 5.35. The highest BCUT2D eigenvalue weighted by atomic mass is 32.2. The van der Waals surface area contributed by atoms with Gasteiger partial charge in [-0.05, 0) is 43.7 Å². The van der Waals surface area contributed by atoms with Crippen LogP contribution < -0.4 is 11.1 Å². The SMILES string of the molecule is CC1CCC(Nc2ccccc2SCC(N)=O)CC1. The van der Waals surface area contributed by atoms with Gasteiger partial charge >= 0.3 is 0 Å². The minimum atomic E-state index is -0.272. The molecule has 0 bridgehead atoms. The van der Waals surface area contributed by atoms with Crippen LogP contribution in [0.3, 0.4) is 0 Å². The van der Waals surface area contributed by atoms with E-state index in [1.807, 2.05) is 18.2 Å². The molecule has 0 spiro atoms. The highest BCUT2D eigenvalue weighted by Gasteiger charge is 2.18. The maximum atomic E-state index is 10.9. The van der Waals surface area contributed by atoms with Crippen molar-refractivity contribution in [3.05, 3.63) is 24.3 Å². The van der Waals surface area contributed by atoms with E-state index in [0.717, 1.165) is 16.5 Å². The Morgan fingerprint density at radius 1 is 1.32 bits per heavy atom. The number of para-hydroxylation sites is 1. The molecule has 1 aromatic carbocycles. The third-order valence-electron chi connectivity index (χ3n) is 3.63. The first kappa shape index (κ1) is 14.3. The molecule has 0 saturated heterocycles. The fourth-order valence-electron chi connectivity index (χ4n) is 2.48. The monoisotopic (exact) mass is 278 g/mol. The Bertz CT molecular complexity index is 428. The fourth-order valence-corrected chi connectivity index (χ4v) is 3.24. The van der Waals surface area contributed by atoms with Crippen LogP contribution in [-0.4, -0.2) is 17.7 Å². The zero-order valence-corrected chi connectivity index (χ0v) is 12.2. The highest BCUT2D eigenvalue weighted by Crippen LogP contribution is 2.31. The molecule has 104 valence electrons. The first-order chi connectivity index (χ1) is 9.15. The van der Waals surface area contributed by atoms with Gasteiger partial charge in [0.15, 0.2) is 0 Å². The molecule has 1 amide bonds. The Balaban J connectivity index is 1.97. The number of benzene rings is 1. The van der Waals surface area contributed by atoms with Crippen molar-refractivity contribution in [3.8, 4) is 0 Å². The van der Waals surface area contributed by atoms with E-state index in [-0.39, 0.29) is 5.91 Å². The van der Waals surface area contributed by atoms with Crippen LogP contribution in [0.1, 0.15) is 32.6 Å². The van der Waals surface area contributed by atoms with Crippen molar-refractivity contribution in [2.45, 2.75) is 43.5 Å². The maximum absolute atomic E-state index is 10.9. The van der Waals surface area contributed by atoms with Crippen molar-refractivity contribution in [1.29, 1.82) is 0 Å². The molecule has 19 heavy (non-hydrogen) atoms. The third kappa shape index (κ3) is 4.46. The van der Waals surface area contributed by atoms with Gasteiger partial charge in [-0.25, -0.2) is 0 Å². The second kappa shape index (κ2) is 6.85. The maximum Gasteiger partial charge on any atom is 0.227 e. The van der Waals surface area contributed by atoms with Gasteiger partial charge in [0.1, 0.15) is 0 Å². The summed E-state index contributed by atoms with van der Waals surface area (Å²) in [6, 6.07) is 8.72. The van der Waals surface area contributed by atoms with Crippen molar-refractivity contribution in [3.63, 3.8) is 0 Å². The van der Waals surface area contributed by atoms with Gasteiger partial charge in [-0.3, -0.25) is 4.79 Å². The molecule has 4 heteroatoms. The minimum absolute atomic E-state index is 0.272. The summed E-state index contributed by atoms with van der Waals surface area (Å²) in [5.41, 5.74) is 6.34. The summed E-state index contributed by atoms with van der Waals surface area (Å²) < 4.78 is 0. The quantitative estimate of drug-likeness (QED) is 0.813. The Kier molecular flexibility index (Phi) is 5.14. The molecular formula is C15H22N2OS. The van der Waals surface area contributed by atoms with Crippen LogP contribution in [0, 0.1) is 5.92 Å². The van der Waals surface area contributed by atoms with E-state index in [2.05, 4.69) is 18.3 Å². The number of anilines is 1. The van der Waals surface area contributed by atoms with Gasteiger partial charge in [0, 0.05) is 16.6 Å². The Labute approximate surface area is 119 Å². The van der Waals surface area contributed by atoms with Crippen LogP contribution in [0.5, 0.6) is 0 Å². The lowest BCUT2D eigenvalue weighted by molar-refractivity contribution is -0.115. The summed E-state index contributed by atoms with van der Waals surface area (Å²) in [4.78, 5) is 12.0. The summed E-state index contributed by atoms with van der Waals surface area (Å²) in [6.07, 6.45) is 5.06. The number of amides is 1. The third-order valence-corrected chi connectivity index (χ3v) is 4.73. The molecule has 3 nitrogen and oxygen atoms in total. The van der Waals surface area contributed by atoms with Crippen LogP contribution in [-0.2, 0) is 4.79 Å². The average Bonchev–Trinajstić information content (AvgIpc) is 2.40. The van der Waals surface area contributed by atoms with Gasteiger partial charge in [0.2, 0.25) is 5.91 Å². The number of rotatable bonds is 5. The molecule has 3 N–H and O–H groups in total. The largest absolute Gasteiger partial charge is 0.381 e. The lowest BCUT2D eigenvalue weighted by Gasteiger charge is -2.28. The van der Waals surface area contributed by atoms with Gasteiger partial charge < -0.3 is 11.1 Å². The first-order valence-electron chi connectivity index (χ1n) is 6.92. The lowest BCUT2D eigenvalue weighted by atomic mass is 9.87. The predicted octanol–water partition coefficient (Wildman–Crippen LogP) is 3.25. The average molecular weight is 278 g/mol. The molecule has 0 aromatic heterocycles. The molecule has 1 aliphatic carbocycles. The van der Waals surface area contributed by atoms with Gasteiger partial charge in [-0.15, -0.1) is 11.8 Å². The van der Waals surface area contributed by atoms with Crippen LogP contribution in [0.15, 0.2) is 29.2 Å². The molecule has 0 atom stereocenters. The van der Waals surface area contributed by atoms with Crippen molar-refractivity contribution in [1.82, 2.24) is 0 Å². The van der Waals surface area contributed by atoms with Crippen LogP contribution in [0.2, 0.25) is 0 Å². The minimum Gasteiger partial charge on any atom is -0.381 e. The van der Waals surface area contributed by atoms with Crippen LogP contribution in [0.25, 0.3) is 0 Å². The topological polar surface area (TPSA) is 55.1 Å². The van der Waals surface area contributed by atoms with Crippen molar-refractivity contribution in [2.24, 2.45) is 11.7 Å². The van der Waals surface area contributed by atoms with Crippen LogP contribution >= 0.6 is 11.8 Å². The summed E-state index contributed by atoms with van der Waals surface area (Å²) >= 11 is 1.51. The smallest absolute Gasteiger partial charge is 0.227 e. The van der Waals surface area contributed by atoms with Gasteiger partial charge in [-0.1, -0.05) is 19.1 Å². The summed E-state index contributed by atoms with van der Waals surface area (Å²) in [5.74, 6) is 0.921. The second-order valence-corrected chi connectivity index (χ2v) is 6.37. The van der Waals surface area contributed by atoms with E-state index in [9.17, 15) is 4.79 Å². The van der Waals surface area contributed by atoms with E-state index in [0.29, 0.717) is 11.8 Å². The van der Waals surface area contributed by atoms with Crippen molar-refractivity contribution < 1.29 is 4.79 Å². The molecular weight excluding hydrogens is 256 g/mol. The van der Waals surface area contributed by atoms with Crippen molar-refractivity contribution in [2.75, 3.05) is 11.1 Å². The number of nitrogens with one attached hydrogen (secondary N) is 1. The molecule has 0 heterocycles. The van der Waals surface area contributed by atoms with E-state index >= 15 is 0 Å². The summed E-state index contributed by atoms with van der Waals surface area (Å²) in [6.45, 7) is 2.33. The Hall–Kier alpha value is -1.16. The normalized spacial score (nSPS) is 23.0. The highest BCUT2D eigenvalue weighted by molar-refractivity contribution is 8.00. The van der Waals surface area contributed by atoms with E-state index in [1.54, 1.807) is 0 Å². The summed E-state index contributed by atoms with van der Waals surface area (Å²) in [7, 11) is 0. The van der Waals surface area contributed by atoms with E-state index in [4.69, 9.17) is 5.73 Å². The molecule has 0 aliphatic heterocycles. The number of thioether (sulfide) groups is 1. The summed E-state index contributed by atoms with van der Waals surface area (Å²) in [5, 5.41) is 3.62. The Morgan fingerprint density at radius 2 is 2.00 bits per heavy atom. The molecule has 0 unspecified atom stereocenters. The van der Waals surface area contributed by atoms with E-state index in [1.165, 1.54) is 37.4 Å². The molecule has 1 aromatic rings. The fraction of sp³-hybridized carbons (Fsp3) is 0.533. The van der Waals surface area contributed by atoms with Gasteiger partial charge in [-0.2, -0.15) is 0 Å². The molecule has 1 aliphatic rings. The standard InChI is InChI=1S/C15H22N2OS/c1-11-6-8-12(9-7-11)17-13-4-2-3-5-14(13)19-10-15(16)18/h2-5,11-12,17H,6-10H2,1H3,(H2,16,18). The zero-order valence-electron chi connectivity index (χ0n) is 11.4. The van der Waals surface area contributed by atoms with Gasteiger partial charge in [0.25, 0.3) is 0 Å². The lowest BCUT2D eigenvalue weighted by Crippen LogP contribution is -2.25. The molecule has 1 saturated carbocycles. The number of hydrogen-bond donors (Lipinski definition) is 2. The number of hydrogen-bond acceptors (Lipinski definition) is 3. The Morgan fingerprint density at radius 3 is 2.68 bits per heavy atom. The number of carbonyl (C=O) groups is 1. The van der Waals surface area contributed by atoms with Gasteiger partial charge in [0.05, 0.1) is 5.75 Å². The zero-order chi connectivity index (χ0) is 13.7. The van der Waals surface area contributed by atoms with Crippen LogP contribution in [0.4, 0.5) is 5.69 Å². The number of nitrogens with two attached hydrogens (primary N) is 1. The number of carbonyl (C=O) groups excluding carboxylic acids is 1. The number of primary amides is 1.